The molecule has 1 N–H and O–H groups in total. The molecule has 0 saturated carbocycles. The number of carbonyl (C=O) groups is 2. The first-order valence-corrected chi connectivity index (χ1v) is 5.13. The van der Waals surface area contributed by atoms with E-state index in [-0.39, 0.29) is 5.91 Å². The summed E-state index contributed by atoms with van der Waals surface area (Å²) in [6, 6.07) is 0. The number of cyclic esters (lactones) is 1. The van der Waals surface area contributed by atoms with E-state index in [1.807, 2.05) is 0 Å². The van der Waals surface area contributed by atoms with Crippen molar-refractivity contribution in [2.45, 2.75) is 51.6 Å². The molecule has 0 aromatic rings. The molecule has 1 fully saturated rings. The van der Waals surface area contributed by atoms with Gasteiger partial charge in [0.25, 0.3) is 5.91 Å². The zero-order valence-electron chi connectivity index (χ0n) is 8.76. The molecule has 1 atom stereocenters. The van der Waals surface area contributed by atoms with Gasteiger partial charge in [-0.15, -0.1) is 0 Å². The number of hydrogen-bond acceptors (Lipinski definition) is 3. The quantitative estimate of drug-likeness (QED) is 0.689. The van der Waals surface area contributed by atoms with E-state index in [1.54, 1.807) is 6.92 Å². The second-order valence-electron chi connectivity index (χ2n) is 3.89. The molecule has 1 heterocycles. The fourth-order valence-electron chi connectivity index (χ4n) is 1.56. The first-order chi connectivity index (χ1) is 6.58. The van der Waals surface area contributed by atoms with E-state index in [0.29, 0.717) is 6.42 Å². The van der Waals surface area contributed by atoms with E-state index >= 15 is 0 Å². The summed E-state index contributed by atoms with van der Waals surface area (Å²) in [6.45, 7) is 3.79. The molecule has 1 aliphatic heterocycles. The third-order valence-electron chi connectivity index (χ3n) is 2.52. The fourth-order valence-corrected chi connectivity index (χ4v) is 1.56. The van der Waals surface area contributed by atoms with Crippen molar-refractivity contribution in [2.75, 3.05) is 0 Å². The lowest BCUT2D eigenvalue weighted by Crippen LogP contribution is -2.35. The van der Waals surface area contributed by atoms with E-state index in [1.165, 1.54) is 0 Å². The van der Waals surface area contributed by atoms with Crippen LogP contribution in [0.4, 0.5) is 4.79 Å². The van der Waals surface area contributed by atoms with Gasteiger partial charge in [-0.05, 0) is 19.8 Å². The molecule has 1 unspecified atom stereocenters. The molecule has 0 radical (unpaired) electrons. The molecule has 1 rings (SSSR count). The second kappa shape index (κ2) is 4.44. The molecular weight excluding hydrogens is 182 g/mol. The summed E-state index contributed by atoms with van der Waals surface area (Å²) in [5.41, 5.74) is -0.926. The van der Waals surface area contributed by atoms with Gasteiger partial charge < -0.3 is 4.74 Å². The Morgan fingerprint density at radius 2 is 2.00 bits per heavy atom. The first-order valence-electron chi connectivity index (χ1n) is 5.13. The summed E-state index contributed by atoms with van der Waals surface area (Å²) in [4.78, 5) is 22.1. The van der Waals surface area contributed by atoms with Crippen LogP contribution in [0.2, 0.25) is 0 Å². The van der Waals surface area contributed by atoms with Crippen LogP contribution < -0.4 is 5.32 Å². The highest BCUT2D eigenvalue weighted by atomic mass is 16.6. The van der Waals surface area contributed by atoms with E-state index < -0.39 is 11.7 Å². The summed E-state index contributed by atoms with van der Waals surface area (Å²) >= 11 is 0. The molecule has 0 aromatic heterocycles. The maximum absolute atomic E-state index is 11.3. The van der Waals surface area contributed by atoms with Gasteiger partial charge in [0.2, 0.25) is 0 Å². The molecule has 0 aromatic carbocycles. The van der Waals surface area contributed by atoms with Crippen molar-refractivity contribution in [3.63, 3.8) is 0 Å². The van der Waals surface area contributed by atoms with Gasteiger partial charge in [-0.3, -0.25) is 10.1 Å². The number of unbranched alkanes of at least 4 members (excludes halogenated alkanes) is 3. The highest BCUT2D eigenvalue weighted by Gasteiger charge is 2.43. The van der Waals surface area contributed by atoms with Gasteiger partial charge in [0.15, 0.2) is 5.60 Å². The van der Waals surface area contributed by atoms with Gasteiger partial charge in [-0.1, -0.05) is 26.2 Å². The van der Waals surface area contributed by atoms with Gasteiger partial charge in [0.1, 0.15) is 0 Å². The van der Waals surface area contributed by atoms with Crippen LogP contribution in [0.1, 0.15) is 46.0 Å². The van der Waals surface area contributed by atoms with Gasteiger partial charge in [-0.2, -0.15) is 0 Å². The summed E-state index contributed by atoms with van der Waals surface area (Å²) in [5.74, 6) is -0.306. The van der Waals surface area contributed by atoms with Crippen LogP contribution in [0.5, 0.6) is 0 Å². The number of alkyl carbamates (subject to hydrolysis) is 1. The predicted octanol–water partition coefficient (Wildman–Crippen LogP) is 1.98. The van der Waals surface area contributed by atoms with Crippen molar-refractivity contribution < 1.29 is 14.3 Å². The van der Waals surface area contributed by atoms with E-state index in [0.717, 1.165) is 25.7 Å². The van der Waals surface area contributed by atoms with Crippen LogP contribution in [-0.4, -0.2) is 17.6 Å². The topological polar surface area (TPSA) is 55.4 Å². The van der Waals surface area contributed by atoms with Gasteiger partial charge in [-0.25, -0.2) is 4.79 Å². The predicted molar refractivity (Wildman–Crippen MR) is 51.8 cm³/mol. The Hall–Kier alpha value is -1.06. The monoisotopic (exact) mass is 199 g/mol. The average Bonchev–Trinajstić information content (AvgIpc) is 2.36. The average molecular weight is 199 g/mol. The zero-order valence-corrected chi connectivity index (χ0v) is 8.76. The fraction of sp³-hybridized carbons (Fsp3) is 0.800. The van der Waals surface area contributed by atoms with E-state index in [2.05, 4.69) is 12.2 Å². The maximum atomic E-state index is 11.3. The minimum Gasteiger partial charge on any atom is -0.433 e. The summed E-state index contributed by atoms with van der Waals surface area (Å²) in [6.07, 6.45) is 4.31. The Morgan fingerprint density at radius 1 is 1.29 bits per heavy atom. The molecule has 0 aliphatic carbocycles. The SMILES string of the molecule is CCCCCCC1(C)OC(=O)NC1=O. The molecule has 1 aliphatic rings. The minimum atomic E-state index is -0.926. The van der Waals surface area contributed by atoms with Gasteiger partial charge >= 0.3 is 6.09 Å². The number of hydrogen-bond donors (Lipinski definition) is 1. The van der Waals surface area contributed by atoms with Gasteiger partial charge in [0.05, 0.1) is 0 Å². The van der Waals surface area contributed by atoms with Crippen LogP contribution in [-0.2, 0) is 9.53 Å². The molecule has 1 saturated heterocycles. The van der Waals surface area contributed by atoms with Crippen LogP contribution >= 0.6 is 0 Å². The van der Waals surface area contributed by atoms with Crippen molar-refractivity contribution >= 4 is 12.0 Å². The lowest BCUT2D eigenvalue weighted by Gasteiger charge is -2.18. The molecule has 0 bridgehead atoms. The summed E-state index contributed by atoms with van der Waals surface area (Å²) in [7, 11) is 0. The number of imide groups is 1. The lowest BCUT2D eigenvalue weighted by molar-refractivity contribution is -0.130. The second-order valence-corrected chi connectivity index (χ2v) is 3.89. The van der Waals surface area contributed by atoms with Crippen molar-refractivity contribution in [3.05, 3.63) is 0 Å². The summed E-state index contributed by atoms with van der Waals surface area (Å²) in [5, 5.41) is 2.15. The molecule has 2 amide bonds. The Labute approximate surface area is 84.0 Å². The largest absolute Gasteiger partial charge is 0.433 e. The Bertz CT molecular complexity index is 240. The first kappa shape index (κ1) is 11.0. The highest BCUT2D eigenvalue weighted by Crippen LogP contribution is 2.24. The normalized spacial score (nSPS) is 26.1. The lowest BCUT2D eigenvalue weighted by atomic mass is 9.97. The standard InChI is InChI=1S/C10H17NO3/c1-3-4-5-6-7-10(2)8(12)11-9(13)14-10/h3-7H2,1-2H3,(H,11,12,13). The van der Waals surface area contributed by atoms with Crippen molar-refractivity contribution in [1.29, 1.82) is 0 Å². The Balaban J connectivity index is 2.35. The molecular formula is C10H17NO3. The van der Waals surface area contributed by atoms with Crippen LogP contribution in [0.15, 0.2) is 0 Å². The zero-order chi connectivity index (χ0) is 10.6. The van der Waals surface area contributed by atoms with Crippen LogP contribution in [0.3, 0.4) is 0 Å². The number of ether oxygens (including phenoxy) is 1. The number of rotatable bonds is 5. The van der Waals surface area contributed by atoms with Crippen LogP contribution in [0.25, 0.3) is 0 Å². The molecule has 80 valence electrons. The van der Waals surface area contributed by atoms with Crippen LogP contribution in [0, 0.1) is 0 Å². The molecule has 0 spiro atoms. The Morgan fingerprint density at radius 3 is 2.50 bits per heavy atom. The summed E-state index contributed by atoms with van der Waals surface area (Å²) < 4.78 is 4.94. The minimum absolute atomic E-state index is 0.306. The maximum Gasteiger partial charge on any atom is 0.415 e. The van der Waals surface area contributed by atoms with Crippen molar-refractivity contribution in [1.82, 2.24) is 5.32 Å². The Kier molecular flexibility index (Phi) is 3.49. The molecule has 14 heavy (non-hydrogen) atoms. The number of amides is 2. The molecule has 4 nitrogen and oxygen atoms in total. The van der Waals surface area contributed by atoms with E-state index in [9.17, 15) is 9.59 Å². The van der Waals surface area contributed by atoms with Crippen molar-refractivity contribution in [2.24, 2.45) is 0 Å². The third-order valence-corrected chi connectivity index (χ3v) is 2.52. The van der Waals surface area contributed by atoms with Gasteiger partial charge in [0, 0.05) is 0 Å². The van der Waals surface area contributed by atoms with Crippen molar-refractivity contribution in [3.8, 4) is 0 Å². The smallest absolute Gasteiger partial charge is 0.415 e. The highest BCUT2D eigenvalue weighted by molar-refractivity contribution is 6.02. The molecule has 4 heteroatoms. The number of carbonyl (C=O) groups excluding carboxylic acids is 2. The van der Waals surface area contributed by atoms with E-state index in [4.69, 9.17) is 4.74 Å². The number of nitrogens with one attached hydrogen (secondary N) is 1. The third kappa shape index (κ3) is 2.47.